The number of nitrogens with two attached hydrogens (primary N) is 1. The minimum atomic E-state index is -3.94. The zero-order chi connectivity index (χ0) is 15.5. The van der Waals surface area contributed by atoms with Gasteiger partial charge in [0.2, 0.25) is 10.0 Å². The molecule has 1 aliphatic heterocycles. The molecule has 1 saturated heterocycles. The molecule has 2 amide bonds. The first-order chi connectivity index (χ1) is 9.90. The number of anilines is 1. The van der Waals surface area contributed by atoms with Crippen molar-refractivity contribution in [3.63, 3.8) is 0 Å². The average Bonchev–Trinajstić information content (AvgIpc) is 2.90. The van der Waals surface area contributed by atoms with Crippen molar-refractivity contribution in [2.24, 2.45) is 5.14 Å². The fourth-order valence-corrected chi connectivity index (χ4v) is 2.70. The third-order valence-electron chi connectivity index (χ3n) is 2.99. The van der Waals surface area contributed by atoms with Gasteiger partial charge in [-0.05, 0) is 24.6 Å². The van der Waals surface area contributed by atoms with Crippen LogP contribution in [-0.2, 0) is 14.8 Å². The Morgan fingerprint density at radius 1 is 1.48 bits per heavy atom. The van der Waals surface area contributed by atoms with Crippen molar-refractivity contribution in [1.29, 1.82) is 0 Å². The zero-order valence-electron chi connectivity index (χ0n) is 11.5. The normalized spacial score (nSPS) is 18.3. The molecule has 1 aromatic carbocycles. The van der Waals surface area contributed by atoms with Crippen molar-refractivity contribution in [2.75, 3.05) is 25.6 Å². The average molecular weight is 315 g/mol. The first-order valence-corrected chi connectivity index (χ1v) is 7.81. The number of hydrogen-bond donors (Lipinski definition) is 3. The van der Waals surface area contributed by atoms with Crippen LogP contribution in [0.15, 0.2) is 23.1 Å². The highest BCUT2D eigenvalue weighted by Gasteiger charge is 2.19. The van der Waals surface area contributed by atoms with Gasteiger partial charge in [-0.1, -0.05) is 0 Å². The van der Waals surface area contributed by atoms with Crippen LogP contribution in [0, 0.1) is 0 Å². The van der Waals surface area contributed by atoms with E-state index in [9.17, 15) is 13.2 Å². The fraction of sp³-hybridized carbons (Fsp3) is 0.417. The number of rotatable bonds is 4. The van der Waals surface area contributed by atoms with E-state index in [0.717, 1.165) is 6.42 Å². The van der Waals surface area contributed by atoms with Gasteiger partial charge in [0.05, 0.1) is 19.8 Å². The van der Waals surface area contributed by atoms with Crippen LogP contribution in [-0.4, -0.2) is 40.8 Å². The molecule has 9 heteroatoms. The molecule has 0 bridgehead atoms. The number of amides is 2. The van der Waals surface area contributed by atoms with E-state index in [-0.39, 0.29) is 16.7 Å². The zero-order valence-corrected chi connectivity index (χ0v) is 12.3. The minimum absolute atomic E-state index is 0.0408. The molecule has 8 nitrogen and oxygen atoms in total. The SMILES string of the molecule is COc1ccc(NC(=O)NC2CCOC2)cc1S(N)(=O)=O. The highest BCUT2D eigenvalue weighted by molar-refractivity contribution is 7.89. The second kappa shape index (κ2) is 6.29. The maximum absolute atomic E-state index is 11.8. The highest BCUT2D eigenvalue weighted by Crippen LogP contribution is 2.26. The molecule has 0 radical (unpaired) electrons. The number of urea groups is 1. The molecule has 1 unspecified atom stereocenters. The summed E-state index contributed by atoms with van der Waals surface area (Å²) in [7, 11) is -2.61. The maximum Gasteiger partial charge on any atom is 0.319 e. The molecule has 0 spiro atoms. The molecule has 4 N–H and O–H groups in total. The van der Waals surface area contributed by atoms with Crippen LogP contribution < -0.4 is 20.5 Å². The number of sulfonamides is 1. The van der Waals surface area contributed by atoms with Gasteiger partial charge in [0, 0.05) is 12.3 Å². The second-order valence-electron chi connectivity index (χ2n) is 4.57. The largest absolute Gasteiger partial charge is 0.495 e. The van der Waals surface area contributed by atoms with Gasteiger partial charge in [0.25, 0.3) is 0 Å². The second-order valence-corrected chi connectivity index (χ2v) is 6.10. The van der Waals surface area contributed by atoms with Gasteiger partial charge in [-0.15, -0.1) is 0 Å². The summed E-state index contributed by atoms with van der Waals surface area (Å²) in [4.78, 5) is 11.6. The standard InChI is InChI=1S/C12H17N3O5S/c1-19-10-3-2-8(6-11(10)21(13,17)18)14-12(16)15-9-4-5-20-7-9/h2-3,6,9H,4-5,7H2,1H3,(H2,13,17,18)(H2,14,15,16). The Morgan fingerprint density at radius 3 is 2.81 bits per heavy atom. The van der Waals surface area contributed by atoms with Crippen molar-refractivity contribution in [3.8, 4) is 5.75 Å². The van der Waals surface area contributed by atoms with Crippen LogP contribution in [0.4, 0.5) is 10.5 Å². The molecule has 0 saturated carbocycles. The van der Waals surface area contributed by atoms with E-state index in [1.807, 2.05) is 0 Å². The van der Waals surface area contributed by atoms with Crippen molar-refractivity contribution in [3.05, 3.63) is 18.2 Å². The lowest BCUT2D eigenvalue weighted by atomic mass is 10.2. The molecule has 0 aliphatic carbocycles. The number of methoxy groups -OCH3 is 1. The predicted molar refractivity (Wildman–Crippen MR) is 75.7 cm³/mol. The topological polar surface area (TPSA) is 120 Å². The van der Waals surface area contributed by atoms with Crippen molar-refractivity contribution in [1.82, 2.24) is 5.32 Å². The summed E-state index contributed by atoms with van der Waals surface area (Å²) < 4.78 is 33.0. The van der Waals surface area contributed by atoms with Crippen molar-refractivity contribution < 1.29 is 22.7 Å². The van der Waals surface area contributed by atoms with E-state index in [1.165, 1.54) is 25.3 Å². The van der Waals surface area contributed by atoms with Gasteiger partial charge in [-0.2, -0.15) is 0 Å². The van der Waals surface area contributed by atoms with Gasteiger partial charge >= 0.3 is 6.03 Å². The molecule has 0 aromatic heterocycles. The molecule has 1 atom stereocenters. The van der Waals surface area contributed by atoms with Gasteiger partial charge in [-0.3, -0.25) is 0 Å². The van der Waals surface area contributed by atoms with E-state index in [4.69, 9.17) is 14.6 Å². The first-order valence-electron chi connectivity index (χ1n) is 6.26. The third-order valence-corrected chi connectivity index (χ3v) is 3.93. The quantitative estimate of drug-likeness (QED) is 0.736. The molecule has 1 heterocycles. The summed E-state index contributed by atoms with van der Waals surface area (Å²) in [6.07, 6.45) is 0.748. The van der Waals surface area contributed by atoms with Gasteiger partial charge in [-0.25, -0.2) is 18.4 Å². The molecule has 1 fully saturated rings. The van der Waals surface area contributed by atoms with Crippen LogP contribution in [0.25, 0.3) is 0 Å². The number of primary sulfonamides is 1. The molecule has 1 aromatic rings. The van der Waals surface area contributed by atoms with E-state index in [1.54, 1.807) is 0 Å². The molecular formula is C12H17N3O5S. The van der Waals surface area contributed by atoms with E-state index >= 15 is 0 Å². The predicted octanol–water partition coefficient (Wildman–Crippen LogP) is 0.253. The lowest BCUT2D eigenvalue weighted by molar-refractivity contribution is 0.189. The highest BCUT2D eigenvalue weighted by atomic mass is 32.2. The summed E-state index contributed by atoms with van der Waals surface area (Å²) in [5.41, 5.74) is 0.302. The number of carbonyl (C=O) groups is 1. The smallest absolute Gasteiger partial charge is 0.319 e. The lowest BCUT2D eigenvalue weighted by Crippen LogP contribution is -2.38. The van der Waals surface area contributed by atoms with Crippen LogP contribution in [0.2, 0.25) is 0 Å². The minimum Gasteiger partial charge on any atom is -0.495 e. The molecule has 1 aliphatic rings. The van der Waals surface area contributed by atoms with E-state index < -0.39 is 16.1 Å². The summed E-state index contributed by atoms with van der Waals surface area (Å²) >= 11 is 0. The number of nitrogens with one attached hydrogen (secondary N) is 2. The van der Waals surface area contributed by atoms with Gasteiger partial charge < -0.3 is 20.1 Å². The van der Waals surface area contributed by atoms with Crippen LogP contribution in [0.3, 0.4) is 0 Å². The van der Waals surface area contributed by atoms with Crippen molar-refractivity contribution in [2.45, 2.75) is 17.4 Å². The van der Waals surface area contributed by atoms with E-state index in [0.29, 0.717) is 18.9 Å². The summed E-state index contributed by atoms with van der Waals surface area (Å²) in [5, 5.41) is 10.4. The lowest BCUT2D eigenvalue weighted by Gasteiger charge is -2.13. The Bertz CT molecular complexity index is 626. The number of carbonyl (C=O) groups excluding carboxylic acids is 1. The molecule has 2 rings (SSSR count). The Hall–Kier alpha value is -1.84. The summed E-state index contributed by atoms with van der Waals surface area (Å²) in [5.74, 6) is 0.118. The van der Waals surface area contributed by atoms with Crippen LogP contribution in [0.5, 0.6) is 5.75 Å². The maximum atomic E-state index is 11.8. The van der Waals surface area contributed by atoms with Crippen LogP contribution in [0.1, 0.15) is 6.42 Å². The van der Waals surface area contributed by atoms with Gasteiger partial charge in [0.15, 0.2) is 0 Å². The van der Waals surface area contributed by atoms with Crippen molar-refractivity contribution >= 4 is 21.7 Å². The first kappa shape index (κ1) is 15.5. The Kier molecular flexibility index (Phi) is 4.66. The Labute approximate surface area is 122 Å². The summed E-state index contributed by atoms with van der Waals surface area (Å²) in [6, 6.07) is 3.72. The van der Waals surface area contributed by atoms with Gasteiger partial charge in [0.1, 0.15) is 10.6 Å². The fourth-order valence-electron chi connectivity index (χ4n) is 1.98. The number of ether oxygens (including phenoxy) is 2. The Morgan fingerprint density at radius 2 is 2.24 bits per heavy atom. The number of hydrogen-bond acceptors (Lipinski definition) is 5. The molecular weight excluding hydrogens is 298 g/mol. The third kappa shape index (κ3) is 4.06. The molecule has 21 heavy (non-hydrogen) atoms. The Balaban J connectivity index is 2.11. The summed E-state index contributed by atoms with van der Waals surface area (Å²) in [6.45, 7) is 1.08. The number of benzene rings is 1. The monoisotopic (exact) mass is 315 g/mol. The van der Waals surface area contributed by atoms with E-state index in [2.05, 4.69) is 10.6 Å². The molecule has 116 valence electrons. The van der Waals surface area contributed by atoms with Crippen LogP contribution >= 0.6 is 0 Å².